The lowest BCUT2D eigenvalue weighted by Gasteiger charge is -1.79. The molecule has 0 aliphatic heterocycles. The van der Waals surface area contributed by atoms with Crippen molar-refractivity contribution in [3.05, 3.63) is 0 Å². The Labute approximate surface area is 109 Å². The van der Waals surface area contributed by atoms with Gasteiger partial charge in [-0.1, -0.05) is 96.9 Å². The number of hydrogen-bond acceptors (Lipinski definition) is 0. The molecular formula is C16H44. The van der Waals surface area contributed by atoms with Crippen LogP contribution in [0, 0.1) is 11.8 Å². The Kier molecular flexibility index (Phi) is 184. The van der Waals surface area contributed by atoms with Crippen LogP contribution in [0.5, 0.6) is 0 Å². The fraction of sp³-hybridized carbons (Fsp3) is 1.00. The van der Waals surface area contributed by atoms with Gasteiger partial charge in [0.05, 0.1) is 0 Å². The molecule has 0 rings (SSSR count). The van der Waals surface area contributed by atoms with Gasteiger partial charge in [0, 0.05) is 0 Å². The highest BCUT2D eigenvalue weighted by Crippen LogP contribution is 1.81. The minimum atomic E-state index is 0.833. The Morgan fingerprint density at radius 3 is 0.312 bits per heavy atom. The molecule has 0 aromatic heterocycles. The molecule has 0 N–H and O–H groups in total. The minimum absolute atomic E-state index is 0.833. The molecule has 0 aromatic rings. The Morgan fingerprint density at radius 2 is 0.312 bits per heavy atom. The third-order valence-electron chi connectivity index (χ3n) is 0. The fourth-order valence-electron chi connectivity index (χ4n) is 0. The first kappa shape index (κ1) is 36.0. The number of rotatable bonds is 0. The summed E-state index contributed by atoms with van der Waals surface area (Å²) in [5, 5.41) is 0. The second-order valence-electron chi connectivity index (χ2n) is 3.46. The molecule has 0 unspecified atom stereocenters. The van der Waals surface area contributed by atoms with Crippen LogP contribution >= 0.6 is 0 Å². The van der Waals surface area contributed by atoms with Gasteiger partial charge >= 0.3 is 0 Å². The first-order chi connectivity index (χ1) is 7.46. The van der Waals surface area contributed by atoms with Crippen LogP contribution in [-0.2, 0) is 0 Å². The monoisotopic (exact) mass is 236 g/mol. The van der Waals surface area contributed by atoms with E-state index in [9.17, 15) is 0 Å². The van der Waals surface area contributed by atoms with Crippen LogP contribution in [0.2, 0.25) is 0 Å². The maximum Gasteiger partial charge on any atom is -0.0500 e. The number of hydrogen-bond donors (Lipinski definition) is 0. The lowest BCUT2D eigenvalue weighted by molar-refractivity contribution is 0.736. The Morgan fingerprint density at radius 1 is 0.312 bits per heavy atom. The summed E-state index contributed by atoms with van der Waals surface area (Å²) in [5.74, 6) is 1.67. The van der Waals surface area contributed by atoms with E-state index in [0.29, 0.717) is 0 Å². The molecule has 108 valence electrons. The summed E-state index contributed by atoms with van der Waals surface area (Å²) in [6, 6.07) is 0. The predicted octanol–water partition coefficient (Wildman–Crippen LogP) is 7.43. The predicted molar refractivity (Wildman–Crippen MR) is 86.4 cm³/mol. The van der Waals surface area contributed by atoms with Gasteiger partial charge < -0.3 is 0 Å². The van der Waals surface area contributed by atoms with Crippen molar-refractivity contribution in [3.63, 3.8) is 0 Å². The van der Waals surface area contributed by atoms with E-state index in [4.69, 9.17) is 0 Å². The lowest BCUT2D eigenvalue weighted by Crippen LogP contribution is -1.66. The van der Waals surface area contributed by atoms with Crippen LogP contribution < -0.4 is 0 Å². The summed E-state index contributed by atoms with van der Waals surface area (Å²) >= 11 is 0. The molecule has 0 atom stereocenters. The van der Waals surface area contributed by atoms with Crippen LogP contribution in [0.4, 0.5) is 0 Å². The second-order valence-corrected chi connectivity index (χ2v) is 3.46. The van der Waals surface area contributed by atoms with Gasteiger partial charge in [-0.2, -0.15) is 0 Å². The largest absolute Gasteiger partial charge is 0.0683 e. The van der Waals surface area contributed by atoms with Gasteiger partial charge in [0.2, 0.25) is 0 Å². The zero-order chi connectivity index (χ0) is 15.2. The normalized spacial score (nSPS) is 6.00. The molecule has 0 aliphatic carbocycles. The molecule has 0 bridgehead atoms. The van der Waals surface area contributed by atoms with Gasteiger partial charge in [-0.3, -0.25) is 0 Å². The molecule has 0 amide bonds. The summed E-state index contributed by atoms with van der Waals surface area (Å²) in [4.78, 5) is 0. The molecule has 0 aromatic carbocycles. The summed E-state index contributed by atoms with van der Waals surface area (Å²) < 4.78 is 0. The van der Waals surface area contributed by atoms with E-state index in [1.807, 2.05) is 55.4 Å². The van der Waals surface area contributed by atoms with Crippen molar-refractivity contribution in [1.29, 1.82) is 0 Å². The van der Waals surface area contributed by atoms with Gasteiger partial charge in [0.1, 0.15) is 0 Å². The van der Waals surface area contributed by atoms with Crippen LogP contribution in [0.3, 0.4) is 0 Å². The zero-order valence-corrected chi connectivity index (χ0v) is 15.2. The Hall–Kier alpha value is 0. The van der Waals surface area contributed by atoms with E-state index < -0.39 is 0 Å². The van der Waals surface area contributed by atoms with Gasteiger partial charge in [-0.25, -0.2) is 0 Å². The third-order valence-corrected chi connectivity index (χ3v) is 0. The van der Waals surface area contributed by atoms with Crippen molar-refractivity contribution in [2.75, 3.05) is 0 Å². The van der Waals surface area contributed by atoms with Gasteiger partial charge in [-0.15, -0.1) is 0 Å². The Bertz CT molecular complexity index is 15.5. The molecule has 0 fully saturated rings. The van der Waals surface area contributed by atoms with Crippen molar-refractivity contribution < 1.29 is 0 Å². The second kappa shape index (κ2) is 81.7. The topological polar surface area (TPSA) is 0 Å². The third kappa shape index (κ3) is 0. The first-order valence-electron chi connectivity index (χ1n) is 7.46. The van der Waals surface area contributed by atoms with E-state index in [1.165, 1.54) is 0 Å². The van der Waals surface area contributed by atoms with Crippen molar-refractivity contribution in [3.8, 4) is 0 Å². The van der Waals surface area contributed by atoms with Crippen molar-refractivity contribution in [2.24, 2.45) is 11.8 Å². The lowest BCUT2D eigenvalue weighted by atomic mass is 10.3. The molecule has 0 aliphatic rings. The van der Waals surface area contributed by atoms with Crippen molar-refractivity contribution in [1.82, 2.24) is 0 Å². The quantitative estimate of drug-likeness (QED) is 0.410. The van der Waals surface area contributed by atoms with Gasteiger partial charge in [-0.05, 0) is 11.8 Å². The summed E-state index contributed by atoms with van der Waals surface area (Å²) in [5.41, 5.74) is 0. The fourth-order valence-corrected chi connectivity index (χ4v) is 0. The van der Waals surface area contributed by atoms with Gasteiger partial charge in [0.15, 0.2) is 0 Å². The SMILES string of the molecule is CC.CC.CC.CC.CC(C)C.CC(C)C. The highest BCUT2D eigenvalue weighted by Gasteiger charge is 1.68. The van der Waals surface area contributed by atoms with Crippen LogP contribution in [0.25, 0.3) is 0 Å². The molecule has 16 heavy (non-hydrogen) atoms. The van der Waals surface area contributed by atoms with E-state index in [0.717, 1.165) is 11.8 Å². The molecule has 0 heterocycles. The molecular weight excluding hydrogens is 192 g/mol. The molecule has 0 heteroatoms. The molecule has 0 saturated heterocycles. The van der Waals surface area contributed by atoms with E-state index in [-0.39, 0.29) is 0 Å². The minimum Gasteiger partial charge on any atom is -0.0683 e. The van der Waals surface area contributed by atoms with E-state index in [1.54, 1.807) is 0 Å². The molecule has 0 nitrogen and oxygen atoms in total. The van der Waals surface area contributed by atoms with Crippen LogP contribution in [0.15, 0.2) is 0 Å². The summed E-state index contributed by atoms with van der Waals surface area (Å²) in [6.07, 6.45) is 0. The zero-order valence-electron chi connectivity index (χ0n) is 15.2. The first-order valence-corrected chi connectivity index (χ1v) is 7.46. The van der Waals surface area contributed by atoms with E-state index >= 15 is 0 Å². The highest BCUT2D eigenvalue weighted by atomic mass is 13.7. The molecule has 0 spiro atoms. The smallest absolute Gasteiger partial charge is 0.0500 e. The van der Waals surface area contributed by atoms with Crippen LogP contribution in [0.1, 0.15) is 96.9 Å². The van der Waals surface area contributed by atoms with E-state index in [2.05, 4.69) is 41.5 Å². The molecule has 0 radical (unpaired) electrons. The summed E-state index contributed by atoms with van der Waals surface area (Å²) in [7, 11) is 0. The van der Waals surface area contributed by atoms with Crippen molar-refractivity contribution >= 4 is 0 Å². The highest BCUT2D eigenvalue weighted by molar-refractivity contribution is 4.21. The average Bonchev–Trinajstić information content (AvgIpc) is 2.27. The Balaban J connectivity index is -0.0000000196. The summed E-state index contributed by atoms with van der Waals surface area (Å²) in [6.45, 7) is 29.0. The average molecular weight is 237 g/mol. The van der Waals surface area contributed by atoms with Crippen LogP contribution in [-0.4, -0.2) is 0 Å². The standard InChI is InChI=1S/2C4H10.4C2H6/c2*1-4(2)3;4*1-2/h2*4H,1-3H3;4*1-2H3. The van der Waals surface area contributed by atoms with Crippen molar-refractivity contribution in [2.45, 2.75) is 96.9 Å². The molecule has 0 saturated carbocycles. The van der Waals surface area contributed by atoms with Gasteiger partial charge in [0.25, 0.3) is 0 Å². The maximum absolute atomic E-state index is 2.17. The maximum atomic E-state index is 2.17.